The second-order valence-corrected chi connectivity index (χ2v) is 8.50. The maximum Gasteiger partial charge on any atom is 0.417 e. The van der Waals surface area contributed by atoms with Gasteiger partial charge in [0.25, 0.3) is 11.5 Å². The number of nitrogens with one attached hydrogen (secondary N) is 2. The quantitative estimate of drug-likeness (QED) is 0.315. The molecule has 2 aromatic carbocycles. The molecule has 1 aromatic heterocycles. The van der Waals surface area contributed by atoms with Crippen molar-refractivity contribution in [1.82, 2.24) is 9.88 Å². The lowest BCUT2D eigenvalue weighted by Gasteiger charge is -2.17. The Morgan fingerprint density at radius 3 is 2.46 bits per heavy atom. The number of amides is 1. The second-order valence-electron chi connectivity index (χ2n) is 8.09. The molecule has 0 aliphatic heterocycles. The van der Waals surface area contributed by atoms with Crippen LogP contribution in [0.15, 0.2) is 53.5 Å². The molecule has 2 N–H and O–H groups in total. The molecule has 0 aliphatic rings. The van der Waals surface area contributed by atoms with Gasteiger partial charge in [-0.25, -0.2) is 4.39 Å². The van der Waals surface area contributed by atoms with Gasteiger partial charge in [0.05, 0.1) is 10.6 Å². The number of carbonyl (C=O) groups is 1. The standard InChI is InChI=1S/C25H24ClF4N3O2/c1-15-10-18(27)5-4-16(15)11-17-12-21(25(28,29)30)22(26)14-20(17)24(35)32-19-6-9-33(23(34)13-19)8-3-7-31-2/h4-6,9-10,12-14,31H,3,7-8,11H2,1-2H3,(H,32,35). The Labute approximate surface area is 204 Å². The second kappa shape index (κ2) is 11.0. The summed E-state index contributed by atoms with van der Waals surface area (Å²) in [5, 5.41) is 4.93. The zero-order valence-corrected chi connectivity index (χ0v) is 19.9. The summed E-state index contributed by atoms with van der Waals surface area (Å²) in [6.07, 6.45) is -2.51. The number of nitrogens with zero attached hydrogens (tertiary/aromatic N) is 1. The molecule has 0 radical (unpaired) electrons. The van der Waals surface area contributed by atoms with Gasteiger partial charge in [0, 0.05) is 30.1 Å². The number of benzene rings is 2. The van der Waals surface area contributed by atoms with Gasteiger partial charge in [0.15, 0.2) is 0 Å². The molecular formula is C25H24ClF4N3O2. The summed E-state index contributed by atoms with van der Waals surface area (Å²) in [7, 11) is 1.81. The van der Waals surface area contributed by atoms with Gasteiger partial charge in [-0.2, -0.15) is 13.2 Å². The monoisotopic (exact) mass is 509 g/mol. The first-order chi connectivity index (χ1) is 16.5. The van der Waals surface area contributed by atoms with Crippen LogP contribution in [-0.2, 0) is 19.1 Å². The van der Waals surface area contributed by atoms with E-state index in [0.717, 1.165) is 25.1 Å². The van der Waals surface area contributed by atoms with Gasteiger partial charge in [0.1, 0.15) is 5.82 Å². The SMILES string of the molecule is CNCCCn1ccc(NC(=O)c2cc(Cl)c(C(F)(F)F)cc2Cc2ccc(F)cc2C)cc1=O. The van der Waals surface area contributed by atoms with Gasteiger partial charge in [-0.3, -0.25) is 9.59 Å². The topological polar surface area (TPSA) is 63.1 Å². The number of carbonyl (C=O) groups excluding carboxylic acids is 1. The highest BCUT2D eigenvalue weighted by Gasteiger charge is 2.34. The average Bonchev–Trinajstić information content (AvgIpc) is 2.77. The molecule has 0 unspecified atom stereocenters. The third kappa shape index (κ3) is 6.70. The van der Waals surface area contributed by atoms with Gasteiger partial charge < -0.3 is 15.2 Å². The highest BCUT2D eigenvalue weighted by Crippen LogP contribution is 2.37. The molecule has 5 nitrogen and oxygen atoms in total. The Morgan fingerprint density at radius 1 is 1.09 bits per heavy atom. The lowest BCUT2D eigenvalue weighted by atomic mass is 9.94. The van der Waals surface area contributed by atoms with Crippen LogP contribution in [0.4, 0.5) is 23.2 Å². The fraction of sp³-hybridized carbons (Fsp3) is 0.280. The van der Waals surface area contributed by atoms with Gasteiger partial charge in [-0.1, -0.05) is 17.7 Å². The third-order valence-corrected chi connectivity index (χ3v) is 5.82. The number of halogens is 5. The number of aromatic nitrogens is 1. The van der Waals surface area contributed by atoms with Crippen molar-refractivity contribution < 1.29 is 22.4 Å². The van der Waals surface area contributed by atoms with Crippen LogP contribution >= 0.6 is 11.6 Å². The van der Waals surface area contributed by atoms with E-state index in [1.54, 1.807) is 14.0 Å². The average molecular weight is 510 g/mol. The van der Waals surface area contributed by atoms with Crippen LogP contribution < -0.4 is 16.2 Å². The first kappa shape index (κ1) is 26.4. The van der Waals surface area contributed by atoms with Crippen molar-refractivity contribution in [2.24, 2.45) is 0 Å². The molecule has 10 heteroatoms. The molecule has 0 aliphatic carbocycles. The minimum Gasteiger partial charge on any atom is -0.322 e. The molecule has 0 fully saturated rings. The van der Waals surface area contributed by atoms with Gasteiger partial charge >= 0.3 is 6.18 Å². The Balaban J connectivity index is 1.95. The Bertz CT molecular complexity index is 1290. The van der Waals surface area contributed by atoms with Crippen molar-refractivity contribution in [2.45, 2.75) is 32.5 Å². The van der Waals surface area contributed by atoms with E-state index in [2.05, 4.69) is 10.6 Å². The normalized spacial score (nSPS) is 11.5. The number of alkyl halides is 3. The smallest absolute Gasteiger partial charge is 0.322 e. The zero-order valence-electron chi connectivity index (χ0n) is 19.1. The molecule has 1 amide bonds. The molecule has 3 rings (SSSR count). The predicted octanol–water partition coefficient (Wildman–Crippen LogP) is 5.42. The van der Waals surface area contributed by atoms with Crippen LogP contribution in [-0.4, -0.2) is 24.1 Å². The molecule has 3 aromatic rings. The maximum atomic E-state index is 13.5. The Hall–Kier alpha value is -3.17. The first-order valence-corrected chi connectivity index (χ1v) is 11.2. The van der Waals surface area contributed by atoms with Gasteiger partial charge in [-0.05, 0) is 80.4 Å². The summed E-state index contributed by atoms with van der Waals surface area (Å²) in [6.45, 7) is 2.85. The van der Waals surface area contributed by atoms with Crippen LogP contribution in [0.3, 0.4) is 0 Å². The van der Waals surface area contributed by atoms with Crippen molar-refractivity contribution in [3.05, 3.63) is 97.7 Å². The van der Waals surface area contributed by atoms with Crippen LogP contribution in [0.2, 0.25) is 5.02 Å². The summed E-state index contributed by atoms with van der Waals surface area (Å²) in [6, 6.07) is 8.50. The van der Waals surface area contributed by atoms with Crippen LogP contribution in [0, 0.1) is 12.7 Å². The summed E-state index contributed by atoms with van der Waals surface area (Å²) in [5.41, 5.74) is -0.132. The Morgan fingerprint density at radius 2 is 1.83 bits per heavy atom. The number of hydrogen-bond donors (Lipinski definition) is 2. The number of pyridine rings is 1. The van der Waals surface area contributed by atoms with E-state index in [1.807, 2.05) is 0 Å². The van der Waals surface area contributed by atoms with Gasteiger partial charge in [-0.15, -0.1) is 0 Å². The van der Waals surface area contributed by atoms with Crippen LogP contribution in [0.5, 0.6) is 0 Å². The van der Waals surface area contributed by atoms with Crippen molar-refractivity contribution in [2.75, 3.05) is 18.9 Å². The molecule has 0 spiro atoms. The predicted molar refractivity (Wildman–Crippen MR) is 128 cm³/mol. The molecule has 186 valence electrons. The minimum atomic E-state index is -4.73. The molecule has 0 atom stereocenters. The van der Waals surface area contributed by atoms with E-state index >= 15 is 0 Å². The first-order valence-electron chi connectivity index (χ1n) is 10.8. The summed E-state index contributed by atoms with van der Waals surface area (Å²) in [4.78, 5) is 25.4. The van der Waals surface area contributed by atoms with Crippen molar-refractivity contribution in [3.8, 4) is 0 Å². The summed E-state index contributed by atoms with van der Waals surface area (Å²) in [5.74, 6) is -1.19. The fourth-order valence-corrected chi connectivity index (χ4v) is 3.92. The van der Waals surface area contributed by atoms with Gasteiger partial charge in [0.2, 0.25) is 0 Å². The molecule has 35 heavy (non-hydrogen) atoms. The maximum absolute atomic E-state index is 13.5. The Kier molecular flexibility index (Phi) is 8.34. The molecular weight excluding hydrogens is 486 g/mol. The van der Waals surface area contributed by atoms with Crippen LogP contribution in [0.25, 0.3) is 0 Å². The van der Waals surface area contributed by atoms with E-state index in [9.17, 15) is 27.2 Å². The van der Waals surface area contributed by atoms with E-state index in [4.69, 9.17) is 11.6 Å². The zero-order chi connectivity index (χ0) is 25.8. The van der Waals surface area contributed by atoms with Crippen molar-refractivity contribution in [3.63, 3.8) is 0 Å². The number of hydrogen-bond acceptors (Lipinski definition) is 3. The number of rotatable bonds is 8. The van der Waals surface area contributed by atoms with E-state index in [0.29, 0.717) is 17.7 Å². The third-order valence-electron chi connectivity index (χ3n) is 5.51. The highest BCUT2D eigenvalue weighted by molar-refractivity contribution is 6.32. The highest BCUT2D eigenvalue weighted by atomic mass is 35.5. The van der Waals surface area contributed by atoms with Crippen molar-refractivity contribution in [1.29, 1.82) is 0 Å². The summed E-state index contributed by atoms with van der Waals surface area (Å²) >= 11 is 5.89. The van der Waals surface area contributed by atoms with Crippen molar-refractivity contribution >= 4 is 23.2 Å². The molecule has 0 saturated carbocycles. The lowest BCUT2D eigenvalue weighted by molar-refractivity contribution is -0.137. The lowest BCUT2D eigenvalue weighted by Crippen LogP contribution is -2.23. The summed E-state index contributed by atoms with van der Waals surface area (Å²) < 4.78 is 55.5. The van der Waals surface area contributed by atoms with Crippen LogP contribution in [0.1, 0.15) is 39.0 Å². The largest absolute Gasteiger partial charge is 0.417 e. The molecule has 1 heterocycles. The molecule has 0 bridgehead atoms. The van der Waals surface area contributed by atoms with E-state index < -0.39 is 28.5 Å². The molecule has 0 saturated heterocycles. The minimum absolute atomic E-state index is 0.0534. The van der Waals surface area contributed by atoms with E-state index in [1.165, 1.54) is 41.1 Å². The number of aryl methyl sites for hydroxylation is 2. The fourth-order valence-electron chi connectivity index (χ4n) is 3.65. The van der Waals surface area contributed by atoms with E-state index in [-0.39, 0.29) is 28.8 Å². The number of anilines is 1.